The number of nitrogens with two attached hydrogens (primary N) is 2. The third-order valence-electron chi connectivity index (χ3n) is 4.20. The Labute approximate surface area is 198 Å². The van der Waals surface area contributed by atoms with Gasteiger partial charge in [-0.3, -0.25) is 9.59 Å². The van der Waals surface area contributed by atoms with Crippen molar-refractivity contribution in [3.8, 4) is 0 Å². The van der Waals surface area contributed by atoms with E-state index in [-0.39, 0.29) is 5.78 Å². The second-order valence-electron chi connectivity index (χ2n) is 6.87. The lowest BCUT2D eigenvalue weighted by molar-refractivity contribution is -0.0980. The van der Waals surface area contributed by atoms with Crippen LogP contribution in [0.4, 0.5) is 5.69 Å². The topological polar surface area (TPSA) is 131 Å². The zero-order valence-electron chi connectivity index (χ0n) is 20.6. The van der Waals surface area contributed by atoms with Crippen molar-refractivity contribution in [2.24, 2.45) is 11.6 Å². The van der Waals surface area contributed by atoms with Gasteiger partial charge in [0.1, 0.15) is 6.79 Å². The number of aldehydes is 1. The summed E-state index contributed by atoms with van der Waals surface area (Å²) in [5.41, 5.74) is 8.15. The maximum Gasteiger partial charge on any atom is 0.159 e. The first-order valence-electron chi connectivity index (χ1n) is 10.4. The van der Waals surface area contributed by atoms with Gasteiger partial charge >= 0.3 is 0 Å². The van der Waals surface area contributed by atoms with Gasteiger partial charge in [-0.05, 0) is 50.9 Å². The summed E-state index contributed by atoms with van der Waals surface area (Å²) in [7, 11) is 5.19. The standard InChI is InChI=1S/C19H21N3O2.C4H11N.CH5N.CH2O/c1-14(24)15-7-5-8-16(12-15)19(22(2)20)10-11-21-18-9-4-3-6-17(18)13-23;1-4(2)5-3;2*1-2/h3-10,12-13,21H,11,20H2,1-2H3;4-5H,1-3H3;2H2,1H3;1H2/b19-10-;;;. The lowest BCUT2D eigenvalue weighted by Crippen LogP contribution is -2.25. The highest BCUT2D eigenvalue weighted by Gasteiger charge is 2.07. The molecule has 0 aliphatic heterocycles. The second kappa shape index (κ2) is 19.4. The number of hydrogen-bond donors (Lipinski definition) is 4. The lowest BCUT2D eigenvalue weighted by atomic mass is 10.1. The van der Waals surface area contributed by atoms with Gasteiger partial charge in [0, 0.05) is 36.4 Å². The van der Waals surface area contributed by atoms with Crippen LogP contribution in [0.3, 0.4) is 0 Å². The van der Waals surface area contributed by atoms with Crippen molar-refractivity contribution < 1.29 is 14.4 Å². The van der Waals surface area contributed by atoms with E-state index in [1.54, 1.807) is 19.2 Å². The number of anilines is 1. The molecule has 0 amide bonds. The quantitative estimate of drug-likeness (QED) is 0.206. The average molecular weight is 458 g/mol. The monoisotopic (exact) mass is 457 g/mol. The molecule has 6 N–H and O–H groups in total. The summed E-state index contributed by atoms with van der Waals surface area (Å²) in [6.07, 6.45) is 2.74. The normalized spacial score (nSPS) is 9.79. The molecule has 33 heavy (non-hydrogen) atoms. The van der Waals surface area contributed by atoms with E-state index in [0.717, 1.165) is 23.2 Å². The van der Waals surface area contributed by atoms with Crippen LogP contribution in [0.25, 0.3) is 5.70 Å². The Kier molecular flexibility index (Phi) is 18.7. The van der Waals surface area contributed by atoms with Gasteiger partial charge in [-0.2, -0.15) is 0 Å². The molecule has 0 atom stereocenters. The van der Waals surface area contributed by atoms with Gasteiger partial charge in [0.25, 0.3) is 0 Å². The minimum Gasteiger partial charge on any atom is -0.381 e. The molecule has 182 valence electrons. The maximum atomic E-state index is 11.5. The first-order valence-corrected chi connectivity index (χ1v) is 10.4. The summed E-state index contributed by atoms with van der Waals surface area (Å²) in [6, 6.07) is 15.2. The molecule has 0 radical (unpaired) electrons. The predicted molar refractivity (Wildman–Crippen MR) is 138 cm³/mol. The summed E-state index contributed by atoms with van der Waals surface area (Å²) in [5, 5.41) is 7.73. The fourth-order valence-electron chi connectivity index (χ4n) is 2.38. The predicted octanol–water partition coefficient (Wildman–Crippen LogP) is 2.96. The number of ketones is 1. The molecule has 0 aliphatic rings. The molecule has 0 heterocycles. The van der Waals surface area contributed by atoms with E-state index in [0.29, 0.717) is 23.7 Å². The summed E-state index contributed by atoms with van der Waals surface area (Å²) in [6.45, 7) is 8.25. The third-order valence-corrected chi connectivity index (χ3v) is 4.20. The van der Waals surface area contributed by atoms with Crippen LogP contribution in [-0.2, 0) is 4.79 Å². The van der Waals surface area contributed by atoms with Crippen LogP contribution in [0.5, 0.6) is 0 Å². The van der Waals surface area contributed by atoms with Crippen LogP contribution in [-0.4, -0.2) is 57.6 Å². The number of carbonyl (C=O) groups is 3. The maximum absolute atomic E-state index is 11.5. The van der Waals surface area contributed by atoms with Gasteiger partial charge < -0.3 is 26.2 Å². The number of benzene rings is 2. The Morgan fingerprint density at radius 2 is 1.64 bits per heavy atom. The number of hydrogen-bond acceptors (Lipinski definition) is 8. The van der Waals surface area contributed by atoms with Gasteiger partial charge in [-0.15, -0.1) is 0 Å². The largest absolute Gasteiger partial charge is 0.381 e. The van der Waals surface area contributed by atoms with Gasteiger partial charge in [0.2, 0.25) is 0 Å². The van der Waals surface area contributed by atoms with Crippen molar-refractivity contribution in [1.82, 2.24) is 10.3 Å². The molecule has 8 heteroatoms. The summed E-state index contributed by atoms with van der Waals surface area (Å²) in [5.74, 6) is 5.93. The van der Waals surface area contributed by atoms with Gasteiger partial charge in [0.15, 0.2) is 12.1 Å². The molecule has 0 saturated carbocycles. The van der Waals surface area contributed by atoms with Crippen molar-refractivity contribution in [1.29, 1.82) is 0 Å². The number of nitrogens with zero attached hydrogens (tertiary/aromatic N) is 1. The van der Waals surface area contributed by atoms with Gasteiger partial charge in [-0.25, -0.2) is 5.84 Å². The molecule has 0 spiro atoms. The first kappa shape index (κ1) is 31.9. The van der Waals surface area contributed by atoms with Crippen LogP contribution in [0.2, 0.25) is 0 Å². The van der Waals surface area contributed by atoms with Crippen LogP contribution >= 0.6 is 0 Å². The molecular formula is C25H39N5O3. The number of rotatable bonds is 8. The molecule has 2 aromatic rings. The van der Waals surface area contributed by atoms with Crippen molar-refractivity contribution in [3.05, 3.63) is 71.3 Å². The number of nitrogens with one attached hydrogen (secondary N) is 2. The fraction of sp³-hybridized carbons (Fsp3) is 0.320. The average Bonchev–Trinajstić information content (AvgIpc) is 2.84. The number of hydrazine groups is 1. The van der Waals surface area contributed by atoms with Crippen molar-refractivity contribution in [2.75, 3.05) is 33.0 Å². The Morgan fingerprint density at radius 3 is 2.12 bits per heavy atom. The van der Waals surface area contributed by atoms with Crippen LogP contribution in [0, 0.1) is 0 Å². The minimum atomic E-state index is 0.00825. The van der Waals surface area contributed by atoms with Crippen molar-refractivity contribution in [2.45, 2.75) is 26.8 Å². The first-order chi connectivity index (χ1) is 15.8. The molecular weight excluding hydrogens is 418 g/mol. The number of para-hydroxylation sites is 1. The highest BCUT2D eigenvalue weighted by molar-refractivity contribution is 5.94. The van der Waals surface area contributed by atoms with E-state index >= 15 is 0 Å². The second-order valence-corrected chi connectivity index (χ2v) is 6.87. The third kappa shape index (κ3) is 13.0. The Balaban J connectivity index is 0. The molecule has 8 nitrogen and oxygen atoms in total. The van der Waals surface area contributed by atoms with E-state index < -0.39 is 0 Å². The SMILES string of the molecule is C=O.CC(=O)c1cccc(/C(=C/CNc2ccccc2C=O)N(C)N)c1.CN.CNC(C)C. The summed E-state index contributed by atoms with van der Waals surface area (Å²) >= 11 is 0. The summed E-state index contributed by atoms with van der Waals surface area (Å²) < 4.78 is 0. The Morgan fingerprint density at radius 1 is 1.09 bits per heavy atom. The Hall–Kier alpha value is -3.33. The minimum absolute atomic E-state index is 0.00825. The smallest absolute Gasteiger partial charge is 0.159 e. The van der Waals surface area contributed by atoms with Crippen LogP contribution < -0.4 is 22.2 Å². The zero-order valence-corrected chi connectivity index (χ0v) is 20.6. The molecule has 0 aliphatic carbocycles. The molecule has 0 unspecified atom stereocenters. The Bertz CT molecular complexity index is 851. The fourth-order valence-corrected chi connectivity index (χ4v) is 2.38. The highest BCUT2D eigenvalue weighted by atomic mass is 16.1. The number of Topliss-reactive ketones (excluding diaryl/α,β-unsaturated/α-hetero) is 1. The number of carbonyl (C=O) groups excluding carboxylic acids is 3. The van der Waals surface area contributed by atoms with E-state index in [1.165, 1.54) is 19.0 Å². The van der Waals surface area contributed by atoms with E-state index in [2.05, 4.69) is 30.2 Å². The van der Waals surface area contributed by atoms with E-state index in [1.807, 2.05) is 56.3 Å². The van der Waals surface area contributed by atoms with Crippen molar-refractivity contribution >= 4 is 30.2 Å². The molecule has 0 aromatic heterocycles. The highest BCUT2D eigenvalue weighted by Crippen LogP contribution is 2.18. The lowest BCUT2D eigenvalue weighted by Gasteiger charge is -2.18. The molecule has 2 aromatic carbocycles. The molecule has 0 saturated heterocycles. The van der Waals surface area contributed by atoms with Crippen LogP contribution in [0.15, 0.2) is 54.6 Å². The van der Waals surface area contributed by atoms with Gasteiger partial charge in [-0.1, -0.05) is 44.2 Å². The zero-order chi connectivity index (χ0) is 25.8. The van der Waals surface area contributed by atoms with Gasteiger partial charge in [0.05, 0.1) is 5.70 Å². The molecule has 2 rings (SSSR count). The molecule has 0 bridgehead atoms. The van der Waals surface area contributed by atoms with E-state index in [4.69, 9.17) is 10.6 Å². The van der Waals surface area contributed by atoms with Crippen molar-refractivity contribution in [3.63, 3.8) is 0 Å². The summed E-state index contributed by atoms with van der Waals surface area (Å²) in [4.78, 5) is 30.6. The van der Waals surface area contributed by atoms with Crippen LogP contribution in [0.1, 0.15) is 47.1 Å². The molecule has 0 fully saturated rings. The van der Waals surface area contributed by atoms with E-state index in [9.17, 15) is 9.59 Å².